The van der Waals surface area contributed by atoms with Gasteiger partial charge < -0.3 is 67.7 Å². The van der Waals surface area contributed by atoms with Gasteiger partial charge in [0.15, 0.2) is 0 Å². The van der Waals surface area contributed by atoms with E-state index in [2.05, 4.69) is 47.9 Å². The predicted molar refractivity (Wildman–Crippen MR) is 329 cm³/mol. The van der Waals surface area contributed by atoms with Crippen LogP contribution in [0.3, 0.4) is 0 Å². The van der Waals surface area contributed by atoms with Crippen LogP contribution in [0.5, 0.6) is 0 Å². The minimum atomic E-state index is -1.29. The lowest BCUT2D eigenvalue weighted by Gasteiger charge is -2.41. The molecule has 4 aliphatic rings. The highest BCUT2D eigenvalue weighted by atomic mass is 16.4. The molecule has 2 fully saturated rings. The van der Waals surface area contributed by atoms with E-state index >= 15 is 9.59 Å². The SMILES string of the molecule is CC(C)C[C@H](NC(=O)[C@H]1CCCN1C(=O)[C@@H]1Cc2ccccc2CN1C(=O)[C@@H](NC(=O)[C@H](CCCNC=O)NC(=O)[C@H](CC(C)C)NC(=O)[C@H]1CCCN1)C(C)C)C(=O)N[C@@H](CCCNC=O)C(=O)N[C@H](C(=O)N1Cc2ccccc2C[C@H]1C(=O)O)C(C)C. The summed E-state index contributed by atoms with van der Waals surface area (Å²) in [6, 6.07) is 3.60. The fraction of sp³-hybridized carbons (Fsp3) is 0.625. The van der Waals surface area contributed by atoms with Crippen molar-refractivity contribution in [3.05, 3.63) is 70.8 Å². The number of likely N-dealkylation sites (tertiary alicyclic amines) is 1. The Bertz CT molecular complexity index is 2840. The molecule has 0 saturated carbocycles. The first-order chi connectivity index (χ1) is 42.4. The largest absolute Gasteiger partial charge is 0.480 e. The number of carbonyl (C=O) groups excluding carboxylic acids is 11. The van der Waals surface area contributed by atoms with Crippen molar-refractivity contribution in [2.45, 2.75) is 206 Å². The van der Waals surface area contributed by atoms with E-state index in [-0.39, 0.29) is 108 Å². The number of hydrogen-bond acceptors (Lipinski definition) is 13. The highest BCUT2D eigenvalue weighted by molar-refractivity contribution is 5.99. The lowest BCUT2D eigenvalue weighted by molar-refractivity contribution is -0.153. The van der Waals surface area contributed by atoms with E-state index in [9.17, 15) is 53.1 Å². The topological polar surface area (TPSA) is 343 Å². The second-order valence-corrected chi connectivity index (χ2v) is 25.5. The van der Waals surface area contributed by atoms with Gasteiger partial charge >= 0.3 is 5.97 Å². The van der Waals surface area contributed by atoms with Crippen LogP contribution in [-0.4, -0.2) is 178 Å². The Labute approximate surface area is 521 Å². The van der Waals surface area contributed by atoms with E-state index in [0.29, 0.717) is 32.2 Å². The molecule has 11 amide bonds. The van der Waals surface area contributed by atoms with Gasteiger partial charge in [-0.2, -0.15) is 0 Å². The molecule has 2 aromatic rings. The maximum absolute atomic E-state index is 15.3. The zero-order valence-corrected chi connectivity index (χ0v) is 52.8. The minimum Gasteiger partial charge on any atom is -0.480 e. The van der Waals surface area contributed by atoms with Crippen LogP contribution in [0.1, 0.15) is 142 Å². The van der Waals surface area contributed by atoms with Crippen molar-refractivity contribution in [3.63, 3.8) is 0 Å². The third-order valence-electron chi connectivity index (χ3n) is 17.1. The molecule has 4 aliphatic heterocycles. The Morgan fingerprint density at radius 3 is 1.39 bits per heavy atom. The van der Waals surface area contributed by atoms with Gasteiger partial charge in [-0.25, -0.2) is 4.79 Å². The Kier molecular flexibility index (Phi) is 26.5. The summed E-state index contributed by atoms with van der Waals surface area (Å²) in [7, 11) is 0. The lowest BCUT2D eigenvalue weighted by Crippen LogP contribution is -2.62. The van der Waals surface area contributed by atoms with Crippen molar-refractivity contribution in [1.82, 2.24) is 62.6 Å². The van der Waals surface area contributed by atoms with Crippen molar-refractivity contribution < 1.29 is 62.6 Å². The number of benzene rings is 2. The Morgan fingerprint density at radius 2 is 0.966 bits per heavy atom. The van der Waals surface area contributed by atoms with E-state index in [0.717, 1.165) is 28.7 Å². The van der Waals surface area contributed by atoms with Gasteiger partial charge in [0, 0.05) is 45.6 Å². The van der Waals surface area contributed by atoms with Crippen molar-refractivity contribution in [2.24, 2.45) is 23.7 Å². The molecule has 25 nitrogen and oxygen atoms in total. The molecule has 89 heavy (non-hydrogen) atoms. The number of fused-ring (bicyclic) bond motifs is 2. The van der Waals surface area contributed by atoms with Gasteiger partial charge in [0.1, 0.15) is 54.4 Å². The van der Waals surface area contributed by atoms with Gasteiger partial charge in [-0.1, -0.05) is 104 Å². The highest BCUT2D eigenvalue weighted by Crippen LogP contribution is 2.30. The molecule has 0 unspecified atom stereocenters. The van der Waals surface area contributed by atoms with Gasteiger partial charge in [0.25, 0.3) is 0 Å². The van der Waals surface area contributed by atoms with Gasteiger partial charge in [0.05, 0.1) is 6.04 Å². The van der Waals surface area contributed by atoms with Crippen LogP contribution in [0.4, 0.5) is 0 Å². The molecule has 6 rings (SSSR count). The molecule has 0 radical (unpaired) electrons. The second-order valence-electron chi connectivity index (χ2n) is 25.5. The Morgan fingerprint density at radius 1 is 0.528 bits per heavy atom. The van der Waals surface area contributed by atoms with Gasteiger partial charge in [-0.05, 0) is 117 Å². The van der Waals surface area contributed by atoms with E-state index in [1.165, 1.54) is 14.7 Å². The smallest absolute Gasteiger partial charge is 0.326 e. The predicted octanol–water partition coefficient (Wildman–Crippen LogP) is 1.09. The molecule has 2 saturated heterocycles. The number of carboxylic acids is 1. The third kappa shape index (κ3) is 19.3. The monoisotopic (exact) mass is 1240 g/mol. The van der Waals surface area contributed by atoms with Crippen LogP contribution in [0, 0.1) is 23.7 Å². The fourth-order valence-electron chi connectivity index (χ4n) is 12.2. The first kappa shape index (κ1) is 70.1. The van der Waals surface area contributed by atoms with Crippen LogP contribution in [0.2, 0.25) is 0 Å². The summed E-state index contributed by atoms with van der Waals surface area (Å²) in [5.41, 5.74) is 3.15. The Hall–Kier alpha value is -7.96. The number of hydrogen-bond donors (Lipinski definition) is 10. The van der Waals surface area contributed by atoms with E-state index in [1.807, 2.05) is 64.1 Å². The zero-order valence-electron chi connectivity index (χ0n) is 52.8. The molecule has 0 aromatic heterocycles. The van der Waals surface area contributed by atoms with Crippen molar-refractivity contribution in [2.75, 3.05) is 26.2 Å². The molecule has 0 spiro atoms. The van der Waals surface area contributed by atoms with Gasteiger partial charge in [-0.15, -0.1) is 0 Å². The van der Waals surface area contributed by atoms with E-state index in [4.69, 9.17) is 0 Å². The molecule has 0 aliphatic carbocycles. The van der Waals surface area contributed by atoms with Crippen LogP contribution in [0.15, 0.2) is 48.5 Å². The summed E-state index contributed by atoms with van der Waals surface area (Å²) in [6.45, 7) is 15.5. The number of nitrogens with zero attached hydrogens (tertiary/aromatic N) is 3. The first-order valence-corrected chi connectivity index (χ1v) is 31.6. The number of nitrogens with one attached hydrogen (secondary N) is 9. The average Bonchev–Trinajstić information content (AvgIpc) is 1.87. The molecule has 0 bridgehead atoms. The number of carboxylic acid groups (broad SMARTS) is 1. The number of aliphatic carboxylic acids is 1. The molecule has 2 aromatic carbocycles. The minimum absolute atomic E-state index is 0.00372. The molecule has 10 N–H and O–H groups in total. The Balaban J connectivity index is 1.20. The number of rotatable bonds is 32. The summed E-state index contributed by atoms with van der Waals surface area (Å²) in [5, 5.41) is 35.6. The van der Waals surface area contributed by atoms with Crippen LogP contribution >= 0.6 is 0 Å². The second kappa shape index (κ2) is 33.6. The average molecular weight is 1240 g/mol. The summed E-state index contributed by atoms with van der Waals surface area (Å²) in [4.78, 5) is 169. The molecule has 488 valence electrons. The molecule has 4 heterocycles. The third-order valence-corrected chi connectivity index (χ3v) is 17.1. The lowest BCUT2D eigenvalue weighted by atomic mass is 9.91. The van der Waals surface area contributed by atoms with E-state index < -0.39 is 125 Å². The summed E-state index contributed by atoms with van der Waals surface area (Å²) in [6.07, 6.45) is 4.15. The number of amides is 11. The fourth-order valence-corrected chi connectivity index (χ4v) is 12.2. The maximum Gasteiger partial charge on any atom is 0.326 e. The van der Waals surface area contributed by atoms with Crippen LogP contribution < -0.4 is 47.9 Å². The number of carbonyl (C=O) groups is 12. The van der Waals surface area contributed by atoms with Crippen molar-refractivity contribution in [1.29, 1.82) is 0 Å². The molecule has 10 atom stereocenters. The normalized spacial score (nSPS) is 20.0. The summed E-state index contributed by atoms with van der Waals surface area (Å²) < 4.78 is 0. The van der Waals surface area contributed by atoms with Crippen molar-refractivity contribution in [3.8, 4) is 0 Å². The summed E-state index contributed by atoms with van der Waals surface area (Å²) in [5.74, 6) is -7.88. The van der Waals surface area contributed by atoms with Gasteiger partial charge in [0.2, 0.25) is 66.0 Å². The quantitative estimate of drug-likeness (QED) is 0.0362. The molecular formula is C64H94N12O13. The summed E-state index contributed by atoms with van der Waals surface area (Å²) >= 11 is 0. The maximum atomic E-state index is 15.3. The standard InChI is InChI=1S/C64H94N12O13/c1-37(2)29-48(70-55(79)45-21-15-27-67-45)58(82)68-46(22-13-25-65-35-77)56(80)72-53(39(5)6)62(86)75-33-43-19-11-9-17-41(43)31-51(75)61(85)74-28-16-24-50(74)60(84)71-49(30-38(3)4)59(83)69-47(23-14-26-66-36-78)57(81)73-54(40(7)8)63(87)76-34-44-20-12-10-18-42(44)32-52(76)64(88)89/h9-12,17-20,35-40,45-54,67H,13-16,21-34H2,1-8H3,(H,65,77)(H,66,78)(H,68,82)(H,69,83)(H,70,79)(H,71,84)(H,72,80)(H,73,81)(H,88,89)/t45-,46+,47+,48+,49+,50-,51+,52+,53+,54+/m1/s1. The van der Waals surface area contributed by atoms with Crippen molar-refractivity contribution >= 4 is 72.0 Å². The van der Waals surface area contributed by atoms with E-state index in [1.54, 1.807) is 39.8 Å². The first-order valence-electron chi connectivity index (χ1n) is 31.6. The zero-order chi connectivity index (χ0) is 65.1. The van der Waals surface area contributed by atoms with Gasteiger partial charge in [-0.3, -0.25) is 52.7 Å². The molecular weight excluding hydrogens is 1140 g/mol. The highest BCUT2D eigenvalue weighted by Gasteiger charge is 2.46. The van der Waals surface area contributed by atoms with Crippen LogP contribution in [-0.2, 0) is 83.5 Å². The molecule has 25 heteroatoms. The van der Waals surface area contributed by atoms with Crippen LogP contribution in [0.25, 0.3) is 0 Å².